The van der Waals surface area contributed by atoms with Crippen LogP contribution < -0.4 is 0 Å². The number of hydrogen-bond donors (Lipinski definition) is 0. The van der Waals surface area contributed by atoms with E-state index in [0.717, 1.165) is 56.3 Å². The molecule has 260 valence electrons. The fourth-order valence-electron chi connectivity index (χ4n) is 8.37. The molecule has 0 N–H and O–H groups in total. The van der Waals surface area contributed by atoms with Crippen LogP contribution in [-0.2, 0) is 6.42 Å². The van der Waals surface area contributed by atoms with Crippen LogP contribution in [0.15, 0.2) is 138 Å². The summed E-state index contributed by atoms with van der Waals surface area (Å²) in [6.45, 7) is 12.6. The largest absolute Gasteiger partial charge is 0.678 e. The molecule has 0 atom stereocenters. The molecule has 0 amide bonds. The summed E-state index contributed by atoms with van der Waals surface area (Å²) in [5.74, 6) is 0. The molecular weight excluding hydrogens is 653 g/mol. The summed E-state index contributed by atoms with van der Waals surface area (Å²) in [5.41, 5.74) is 15.1. The zero-order chi connectivity index (χ0) is 37.0. The molecular formula is C48H41BF2N2. The molecule has 0 unspecified atom stereocenters. The number of aliphatic imine (C=N–C) groups is 1. The standard InChI is InChI=1S/C48H41BF2N2/c1-7-34-27-37(17-19-40(34)39-14-9-8-11-30(39)3)42-21-22-43(52-42)48(46-32(5)25-29(2)26-33(46)6)45-24-23-44(53(45)49(50)51)38-18-20-41-36(28-38)16-15-35-13-10-12-31(4)47(35)41/h8-28H,7H2,1-6H3/b48-43+. The topological polar surface area (TPSA) is 17.3 Å². The molecule has 2 nitrogen and oxygen atoms in total. The second-order valence-corrected chi connectivity index (χ2v) is 14.3. The van der Waals surface area contributed by atoms with Gasteiger partial charge >= 0.3 is 7.40 Å². The molecule has 0 spiro atoms. The van der Waals surface area contributed by atoms with Gasteiger partial charge in [-0.25, -0.2) is 4.99 Å². The van der Waals surface area contributed by atoms with Crippen LogP contribution in [0, 0.1) is 34.6 Å². The Kier molecular flexibility index (Phi) is 8.82. The van der Waals surface area contributed by atoms with E-state index < -0.39 is 7.40 Å². The van der Waals surface area contributed by atoms with Gasteiger partial charge in [-0.15, -0.1) is 0 Å². The van der Waals surface area contributed by atoms with Crippen LogP contribution in [0.25, 0.3) is 49.5 Å². The summed E-state index contributed by atoms with van der Waals surface area (Å²) in [4.78, 5) is 5.20. The maximum Gasteiger partial charge on any atom is 0.678 e. The van der Waals surface area contributed by atoms with E-state index in [2.05, 4.69) is 133 Å². The number of aromatic nitrogens is 1. The van der Waals surface area contributed by atoms with Crippen LogP contribution >= 0.6 is 0 Å². The molecule has 1 aromatic heterocycles. The number of aryl methyl sites for hydroxylation is 6. The molecule has 0 fully saturated rings. The number of nitrogens with zero attached hydrogens (tertiary/aromatic N) is 2. The van der Waals surface area contributed by atoms with E-state index in [4.69, 9.17) is 4.99 Å². The van der Waals surface area contributed by atoms with Gasteiger partial charge in [0.15, 0.2) is 0 Å². The third-order valence-corrected chi connectivity index (χ3v) is 10.8. The lowest BCUT2D eigenvalue weighted by Gasteiger charge is -2.19. The van der Waals surface area contributed by atoms with Gasteiger partial charge in [0.25, 0.3) is 0 Å². The molecule has 7 aromatic rings. The molecule has 2 heterocycles. The lowest BCUT2D eigenvalue weighted by Crippen LogP contribution is -2.18. The first-order valence-corrected chi connectivity index (χ1v) is 18.3. The van der Waals surface area contributed by atoms with Crippen molar-refractivity contribution in [3.8, 4) is 22.4 Å². The van der Waals surface area contributed by atoms with Crippen molar-refractivity contribution in [2.24, 2.45) is 4.99 Å². The molecule has 53 heavy (non-hydrogen) atoms. The van der Waals surface area contributed by atoms with Crippen molar-refractivity contribution in [3.05, 3.63) is 183 Å². The number of benzene rings is 6. The van der Waals surface area contributed by atoms with Gasteiger partial charge in [-0.3, -0.25) is 8.63 Å². The predicted octanol–water partition coefficient (Wildman–Crippen LogP) is 12.8. The average molecular weight is 695 g/mol. The number of fused-ring (bicyclic) bond motifs is 3. The number of hydrogen-bond acceptors (Lipinski definition) is 1. The lowest BCUT2D eigenvalue weighted by atomic mass is 9.90. The highest BCUT2D eigenvalue weighted by molar-refractivity contribution is 6.42. The van der Waals surface area contributed by atoms with Crippen LogP contribution in [0.5, 0.6) is 0 Å². The van der Waals surface area contributed by atoms with Gasteiger partial charge in [0, 0.05) is 22.5 Å². The molecule has 6 aromatic carbocycles. The first-order chi connectivity index (χ1) is 25.6. The quantitative estimate of drug-likeness (QED) is 0.117. The molecule has 0 saturated carbocycles. The summed E-state index contributed by atoms with van der Waals surface area (Å²) in [5, 5.41) is 4.49. The van der Waals surface area contributed by atoms with Crippen LogP contribution in [-0.4, -0.2) is 17.6 Å². The SMILES string of the molecule is CCc1cc(C2=N/C(=C(/c3c(C)cc(C)cc3C)c3ccc(-c4ccc5c(ccc6cccc(C)c65)c4)n3B(F)F)C=C2)ccc1-c1ccccc1C. The summed E-state index contributed by atoms with van der Waals surface area (Å²) in [6, 6.07) is 39.5. The van der Waals surface area contributed by atoms with Crippen molar-refractivity contribution >= 4 is 40.2 Å². The highest BCUT2D eigenvalue weighted by atomic mass is 19.2. The van der Waals surface area contributed by atoms with Gasteiger partial charge in [0.05, 0.1) is 11.4 Å². The van der Waals surface area contributed by atoms with E-state index in [1.807, 2.05) is 36.4 Å². The summed E-state index contributed by atoms with van der Waals surface area (Å²) in [7, 11) is -2.78. The highest BCUT2D eigenvalue weighted by Gasteiger charge is 2.30. The number of rotatable bonds is 7. The Balaban J connectivity index is 1.30. The van der Waals surface area contributed by atoms with Gasteiger partial charge in [-0.2, -0.15) is 0 Å². The summed E-state index contributed by atoms with van der Waals surface area (Å²) >= 11 is 0. The second-order valence-electron chi connectivity index (χ2n) is 14.3. The van der Waals surface area contributed by atoms with Crippen LogP contribution in [0.2, 0.25) is 0 Å². The van der Waals surface area contributed by atoms with E-state index in [1.165, 1.54) is 43.1 Å². The first-order valence-electron chi connectivity index (χ1n) is 18.3. The van der Waals surface area contributed by atoms with Gasteiger partial charge in [0.1, 0.15) is 0 Å². The molecule has 0 aliphatic carbocycles. The summed E-state index contributed by atoms with van der Waals surface area (Å²) in [6.07, 6.45) is 4.87. The molecule has 8 rings (SSSR count). The Hall–Kier alpha value is -5.81. The van der Waals surface area contributed by atoms with Gasteiger partial charge in [-0.05, 0) is 149 Å². The maximum absolute atomic E-state index is 15.5. The van der Waals surface area contributed by atoms with E-state index >= 15 is 8.63 Å². The van der Waals surface area contributed by atoms with Crippen molar-refractivity contribution in [1.29, 1.82) is 0 Å². The Morgan fingerprint density at radius 1 is 0.642 bits per heavy atom. The van der Waals surface area contributed by atoms with E-state index in [-0.39, 0.29) is 0 Å². The van der Waals surface area contributed by atoms with Gasteiger partial charge in [0.2, 0.25) is 0 Å². The van der Waals surface area contributed by atoms with Crippen molar-refractivity contribution < 1.29 is 8.63 Å². The van der Waals surface area contributed by atoms with Crippen molar-refractivity contribution in [2.75, 3.05) is 0 Å². The fourth-order valence-corrected chi connectivity index (χ4v) is 8.37. The Morgan fingerprint density at radius 3 is 2.13 bits per heavy atom. The van der Waals surface area contributed by atoms with E-state index in [9.17, 15) is 0 Å². The van der Waals surface area contributed by atoms with Crippen LogP contribution in [0.3, 0.4) is 0 Å². The van der Waals surface area contributed by atoms with E-state index in [1.54, 1.807) is 0 Å². The minimum absolute atomic E-state index is 0.438. The minimum atomic E-state index is -2.78. The molecule has 0 saturated heterocycles. The highest BCUT2D eigenvalue weighted by Crippen LogP contribution is 2.40. The molecule has 1 aliphatic rings. The smallest absolute Gasteiger partial charge is 0.325 e. The van der Waals surface area contributed by atoms with Crippen molar-refractivity contribution in [3.63, 3.8) is 0 Å². The Morgan fingerprint density at radius 2 is 1.38 bits per heavy atom. The number of halogens is 2. The molecule has 1 aliphatic heterocycles. The maximum atomic E-state index is 15.5. The van der Waals surface area contributed by atoms with Crippen molar-refractivity contribution in [2.45, 2.75) is 48.0 Å². The van der Waals surface area contributed by atoms with Gasteiger partial charge in [-0.1, -0.05) is 103 Å². The monoisotopic (exact) mass is 694 g/mol. The minimum Gasteiger partial charge on any atom is -0.325 e. The predicted molar refractivity (Wildman–Crippen MR) is 221 cm³/mol. The third kappa shape index (κ3) is 6.04. The zero-order valence-corrected chi connectivity index (χ0v) is 31.1. The zero-order valence-electron chi connectivity index (χ0n) is 31.1. The normalized spacial score (nSPS) is 13.6. The lowest BCUT2D eigenvalue weighted by molar-refractivity contribution is 0.630. The molecule has 0 bridgehead atoms. The average Bonchev–Trinajstić information content (AvgIpc) is 3.81. The Bertz CT molecular complexity index is 2670. The Labute approximate surface area is 311 Å². The second kappa shape index (κ2) is 13.6. The van der Waals surface area contributed by atoms with Crippen molar-refractivity contribution in [1.82, 2.24) is 4.48 Å². The molecule has 0 radical (unpaired) electrons. The fraction of sp³-hybridized carbons (Fsp3) is 0.146. The van der Waals surface area contributed by atoms with Crippen LogP contribution in [0.4, 0.5) is 8.63 Å². The first kappa shape index (κ1) is 34.3. The van der Waals surface area contributed by atoms with E-state index in [0.29, 0.717) is 22.7 Å². The molecule has 5 heteroatoms. The van der Waals surface area contributed by atoms with Crippen LogP contribution in [0.1, 0.15) is 57.1 Å². The summed E-state index contributed by atoms with van der Waals surface area (Å²) < 4.78 is 32.2. The third-order valence-electron chi connectivity index (χ3n) is 10.8. The number of allylic oxidation sites excluding steroid dienone is 2. The van der Waals surface area contributed by atoms with Gasteiger partial charge < -0.3 is 4.48 Å².